The third-order valence-electron chi connectivity index (χ3n) is 5.89. The highest BCUT2D eigenvalue weighted by molar-refractivity contribution is 7.98. The Kier molecular flexibility index (Phi) is 6.03. The van der Waals surface area contributed by atoms with Crippen molar-refractivity contribution in [2.24, 2.45) is 0 Å². The minimum atomic E-state index is -0.383. The lowest BCUT2D eigenvalue weighted by atomic mass is 9.85. The van der Waals surface area contributed by atoms with Crippen LogP contribution in [0.5, 0.6) is 11.5 Å². The van der Waals surface area contributed by atoms with Gasteiger partial charge in [0.1, 0.15) is 6.04 Å². The molecule has 1 N–H and O–H groups in total. The summed E-state index contributed by atoms with van der Waals surface area (Å²) in [5.41, 5.74) is 3.58. The summed E-state index contributed by atoms with van der Waals surface area (Å²) >= 11 is 7.82. The van der Waals surface area contributed by atoms with Crippen molar-refractivity contribution in [2.75, 3.05) is 19.5 Å². The molecule has 2 aliphatic rings. The number of allylic oxidation sites excluding steroid dienone is 2. The Morgan fingerprint density at radius 3 is 2.76 bits per heavy atom. The first-order chi connectivity index (χ1) is 16.1. The Morgan fingerprint density at radius 2 is 1.97 bits per heavy atom. The van der Waals surface area contributed by atoms with E-state index in [1.807, 2.05) is 42.5 Å². The van der Waals surface area contributed by atoms with Crippen molar-refractivity contribution in [3.8, 4) is 11.5 Å². The average molecular weight is 483 g/mol. The van der Waals surface area contributed by atoms with Gasteiger partial charge in [0.15, 0.2) is 17.3 Å². The van der Waals surface area contributed by atoms with Crippen LogP contribution in [0.25, 0.3) is 0 Å². The maximum Gasteiger partial charge on any atom is 0.227 e. The largest absolute Gasteiger partial charge is 0.493 e. The van der Waals surface area contributed by atoms with Gasteiger partial charge in [0, 0.05) is 28.5 Å². The molecule has 1 aliphatic carbocycles. The number of rotatable bonds is 6. The van der Waals surface area contributed by atoms with Crippen molar-refractivity contribution in [3.05, 3.63) is 69.9 Å². The zero-order valence-electron chi connectivity index (χ0n) is 18.3. The molecular formula is C24H23ClN4O3S. The van der Waals surface area contributed by atoms with Crippen LogP contribution in [0.15, 0.2) is 58.9 Å². The number of thioether (sulfide) groups is 1. The van der Waals surface area contributed by atoms with Gasteiger partial charge in [-0.2, -0.15) is 4.98 Å². The van der Waals surface area contributed by atoms with E-state index in [-0.39, 0.29) is 11.8 Å². The van der Waals surface area contributed by atoms with E-state index in [0.717, 1.165) is 40.3 Å². The number of aromatic nitrogens is 3. The second kappa shape index (κ2) is 9.11. The third kappa shape index (κ3) is 4.09. The number of Topliss-reactive ketones (excluding diaryl/α,β-unsaturated/α-hetero) is 1. The van der Waals surface area contributed by atoms with Crippen LogP contribution in [0.3, 0.4) is 0 Å². The average Bonchev–Trinajstić information content (AvgIpc) is 3.24. The van der Waals surface area contributed by atoms with Gasteiger partial charge in [0.25, 0.3) is 0 Å². The van der Waals surface area contributed by atoms with E-state index >= 15 is 0 Å². The lowest BCUT2D eigenvalue weighted by molar-refractivity contribution is -0.116. The van der Waals surface area contributed by atoms with Gasteiger partial charge in [-0.1, -0.05) is 47.6 Å². The molecule has 0 spiro atoms. The summed E-state index contributed by atoms with van der Waals surface area (Å²) in [6, 6.07) is 13.1. The number of nitrogens with one attached hydrogen (secondary N) is 1. The lowest BCUT2D eigenvalue weighted by Crippen LogP contribution is -2.31. The predicted octanol–water partition coefficient (Wildman–Crippen LogP) is 5.26. The van der Waals surface area contributed by atoms with Crippen molar-refractivity contribution in [1.29, 1.82) is 0 Å². The minimum Gasteiger partial charge on any atom is -0.493 e. The van der Waals surface area contributed by atoms with Crippen molar-refractivity contribution in [3.63, 3.8) is 0 Å². The normalized spacial score (nSPS) is 17.3. The van der Waals surface area contributed by atoms with E-state index in [0.29, 0.717) is 34.8 Å². The summed E-state index contributed by atoms with van der Waals surface area (Å²) in [5.74, 6) is 2.65. The molecule has 1 aromatic heterocycles. The van der Waals surface area contributed by atoms with Gasteiger partial charge in [-0.25, -0.2) is 4.68 Å². The number of halogens is 1. The van der Waals surface area contributed by atoms with Gasteiger partial charge < -0.3 is 14.8 Å². The molecule has 0 fully saturated rings. The maximum absolute atomic E-state index is 13.0. The molecule has 0 radical (unpaired) electrons. The molecule has 7 nitrogen and oxygen atoms in total. The van der Waals surface area contributed by atoms with E-state index in [4.69, 9.17) is 31.2 Å². The first-order valence-electron chi connectivity index (χ1n) is 10.7. The summed E-state index contributed by atoms with van der Waals surface area (Å²) < 4.78 is 12.7. The topological polar surface area (TPSA) is 78.3 Å². The number of anilines is 1. The molecule has 33 heavy (non-hydrogen) atoms. The first-order valence-corrected chi connectivity index (χ1v) is 12.0. The van der Waals surface area contributed by atoms with Crippen molar-refractivity contribution in [2.45, 2.75) is 36.2 Å². The molecule has 2 heterocycles. The number of ether oxygens (including phenoxy) is 2. The highest BCUT2D eigenvalue weighted by Crippen LogP contribution is 2.42. The Balaban J connectivity index is 1.54. The van der Waals surface area contributed by atoms with E-state index in [9.17, 15) is 4.79 Å². The van der Waals surface area contributed by atoms with Gasteiger partial charge >= 0.3 is 0 Å². The standard InChI is InChI=1S/C24H23ClN4O3S/c1-31-19-11-10-14(12-20(19)32-2)22-21-17(8-5-9-18(21)30)26-23-27-24(28-29(22)23)33-13-15-6-3-4-7-16(15)25/h3-4,6-7,10-12,22H,5,8-9,13H2,1-2H3,(H,26,27,28). The number of methoxy groups -OCH3 is 2. The summed E-state index contributed by atoms with van der Waals surface area (Å²) in [4.78, 5) is 17.7. The maximum atomic E-state index is 13.0. The first kappa shape index (κ1) is 21.9. The summed E-state index contributed by atoms with van der Waals surface area (Å²) in [7, 11) is 3.20. The number of carbonyl (C=O) groups excluding carboxylic acids is 1. The van der Waals surface area contributed by atoms with Crippen LogP contribution >= 0.6 is 23.4 Å². The molecule has 1 atom stereocenters. The monoisotopic (exact) mass is 482 g/mol. The van der Waals surface area contributed by atoms with E-state index in [1.54, 1.807) is 18.9 Å². The molecule has 1 unspecified atom stereocenters. The minimum absolute atomic E-state index is 0.134. The van der Waals surface area contributed by atoms with Crippen molar-refractivity contribution in [1.82, 2.24) is 14.8 Å². The number of ketones is 1. The Morgan fingerprint density at radius 1 is 1.15 bits per heavy atom. The fourth-order valence-corrected chi connectivity index (χ4v) is 5.40. The number of benzene rings is 2. The van der Waals surface area contributed by atoms with Crippen LogP contribution < -0.4 is 14.8 Å². The van der Waals surface area contributed by atoms with Crippen LogP contribution in [0.4, 0.5) is 5.95 Å². The molecule has 5 rings (SSSR count). The number of hydrogen-bond donors (Lipinski definition) is 1. The number of carbonyl (C=O) groups is 1. The van der Waals surface area contributed by atoms with Crippen LogP contribution in [0.1, 0.15) is 36.4 Å². The van der Waals surface area contributed by atoms with Crippen molar-refractivity contribution < 1.29 is 14.3 Å². The zero-order valence-corrected chi connectivity index (χ0v) is 19.9. The highest BCUT2D eigenvalue weighted by atomic mass is 35.5. The van der Waals surface area contributed by atoms with Gasteiger partial charge in [-0.15, -0.1) is 5.10 Å². The van der Waals surface area contributed by atoms with Gasteiger partial charge in [0.2, 0.25) is 11.1 Å². The fraction of sp³-hybridized carbons (Fsp3) is 0.292. The van der Waals surface area contributed by atoms with Gasteiger partial charge in [-0.3, -0.25) is 4.79 Å². The molecule has 0 saturated heterocycles. The predicted molar refractivity (Wildman–Crippen MR) is 128 cm³/mol. The van der Waals surface area contributed by atoms with E-state index in [2.05, 4.69) is 5.32 Å². The number of nitrogens with zero attached hydrogens (tertiary/aromatic N) is 3. The SMILES string of the molecule is COc1ccc(C2C3=C(CCCC3=O)Nc3nc(SCc4ccccc4Cl)nn32)cc1OC. The van der Waals surface area contributed by atoms with Crippen LogP contribution in [0, 0.1) is 0 Å². The van der Waals surface area contributed by atoms with Gasteiger partial charge in [-0.05, 0) is 42.2 Å². The Bertz CT molecular complexity index is 1260. The number of fused-ring (bicyclic) bond motifs is 1. The lowest BCUT2D eigenvalue weighted by Gasteiger charge is -2.32. The molecule has 2 aromatic carbocycles. The third-order valence-corrected chi connectivity index (χ3v) is 7.14. The fourth-order valence-electron chi connectivity index (χ4n) is 4.29. The van der Waals surface area contributed by atoms with E-state index < -0.39 is 0 Å². The van der Waals surface area contributed by atoms with Gasteiger partial charge in [0.05, 0.1) is 14.2 Å². The quantitative estimate of drug-likeness (QED) is 0.480. The Labute approximate surface area is 201 Å². The molecule has 9 heteroatoms. The van der Waals surface area contributed by atoms with Crippen LogP contribution in [0.2, 0.25) is 5.02 Å². The Hall–Kier alpha value is -2.97. The van der Waals surface area contributed by atoms with Crippen LogP contribution in [-0.2, 0) is 10.5 Å². The highest BCUT2D eigenvalue weighted by Gasteiger charge is 2.37. The second-order valence-electron chi connectivity index (χ2n) is 7.85. The summed E-state index contributed by atoms with van der Waals surface area (Å²) in [6.07, 6.45) is 2.16. The number of hydrogen-bond acceptors (Lipinski definition) is 7. The molecule has 0 amide bonds. The zero-order chi connectivity index (χ0) is 22.9. The molecule has 1 aliphatic heterocycles. The molecular weight excluding hydrogens is 460 g/mol. The summed E-state index contributed by atoms with van der Waals surface area (Å²) in [6.45, 7) is 0. The molecule has 0 bridgehead atoms. The smallest absolute Gasteiger partial charge is 0.227 e. The molecule has 170 valence electrons. The molecule has 3 aromatic rings. The summed E-state index contributed by atoms with van der Waals surface area (Å²) in [5, 5.41) is 9.49. The van der Waals surface area contributed by atoms with E-state index in [1.165, 1.54) is 11.8 Å². The van der Waals surface area contributed by atoms with Crippen molar-refractivity contribution >= 4 is 35.1 Å². The second-order valence-corrected chi connectivity index (χ2v) is 9.20. The van der Waals surface area contributed by atoms with Crippen LogP contribution in [-0.4, -0.2) is 34.8 Å². The molecule has 0 saturated carbocycles.